The number of esters is 1. The van der Waals surface area contributed by atoms with Gasteiger partial charge in [-0.05, 0) is 0 Å². The van der Waals surface area contributed by atoms with Gasteiger partial charge >= 0.3 is 5.97 Å². The second-order valence-electron chi connectivity index (χ2n) is 3.73. The van der Waals surface area contributed by atoms with Crippen LogP contribution in [0.1, 0.15) is 0 Å². The fourth-order valence-electron chi connectivity index (χ4n) is 0.609. The van der Waals surface area contributed by atoms with E-state index in [0.29, 0.717) is 6.54 Å². The highest BCUT2D eigenvalue weighted by Crippen LogP contribution is 1.95. The topological polar surface area (TPSA) is 38.3 Å². The minimum Gasteiger partial charge on any atom is -0.468 e. The zero-order chi connectivity index (χ0) is 10.3. The van der Waals surface area contributed by atoms with Gasteiger partial charge in [0.15, 0.2) is 0 Å². The van der Waals surface area contributed by atoms with E-state index in [4.69, 9.17) is 0 Å². The zero-order valence-corrected chi connectivity index (χ0v) is 9.73. The summed E-state index contributed by atoms with van der Waals surface area (Å²) >= 11 is 0. The number of carbonyl (C=O) groups is 1. The Bertz CT molecular complexity index is 222. The lowest BCUT2D eigenvalue weighted by Gasteiger charge is -2.03. The van der Waals surface area contributed by atoms with Gasteiger partial charge in [-0.15, -0.1) is 5.54 Å². The van der Waals surface area contributed by atoms with Crippen LogP contribution in [-0.2, 0) is 9.53 Å². The molecule has 3 nitrogen and oxygen atoms in total. The summed E-state index contributed by atoms with van der Waals surface area (Å²) in [5, 5.41) is 2.88. The Morgan fingerprint density at radius 1 is 1.46 bits per heavy atom. The summed E-state index contributed by atoms with van der Waals surface area (Å²) in [4.78, 5) is 10.6. The average Bonchev–Trinajstić information content (AvgIpc) is 2.01. The van der Waals surface area contributed by atoms with E-state index in [2.05, 4.69) is 41.2 Å². The largest absolute Gasteiger partial charge is 0.468 e. The maximum atomic E-state index is 10.6. The molecule has 0 heterocycles. The van der Waals surface area contributed by atoms with Crippen molar-refractivity contribution in [3.8, 4) is 11.5 Å². The van der Waals surface area contributed by atoms with Crippen LogP contribution in [0.15, 0.2) is 0 Å². The van der Waals surface area contributed by atoms with Gasteiger partial charge in [-0.1, -0.05) is 25.6 Å². The number of hydrogen-bond acceptors (Lipinski definition) is 3. The maximum absolute atomic E-state index is 10.6. The Labute approximate surface area is 80.9 Å². The molecule has 1 N–H and O–H groups in total. The Morgan fingerprint density at radius 3 is 2.54 bits per heavy atom. The molecule has 0 bridgehead atoms. The first-order valence-electron chi connectivity index (χ1n) is 4.23. The van der Waals surface area contributed by atoms with E-state index in [0.717, 1.165) is 0 Å². The number of rotatable bonds is 3. The quantitative estimate of drug-likeness (QED) is 0.313. The molecule has 0 aromatic carbocycles. The molecule has 0 rings (SSSR count). The first-order chi connectivity index (χ1) is 5.95. The molecule has 74 valence electrons. The Hall–Kier alpha value is -0.793. The summed E-state index contributed by atoms with van der Waals surface area (Å²) in [6.07, 6.45) is 0. The van der Waals surface area contributed by atoms with Crippen molar-refractivity contribution in [3.05, 3.63) is 0 Å². The Morgan fingerprint density at radius 2 is 2.08 bits per heavy atom. The summed E-state index contributed by atoms with van der Waals surface area (Å²) < 4.78 is 4.46. The molecular weight excluding hydrogens is 182 g/mol. The van der Waals surface area contributed by atoms with Gasteiger partial charge in [0.05, 0.1) is 20.2 Å². The van der Waals surface area contributed by atoms with Crippen LogP contribution in [0.3, 0.4) is 0 Å². The summed E-state index contributed by atoms with van der Waals surface area (Å²) in [7, 11) is 0.113. The van der Waals surface area contributed by atoms with Crippen molar-refractivity contribution in [2.75, 3.05) is 20.2 Å². The highest BCUT2D eigenvalue weighted by Gasteiger charge is 2.06. The van der Waals surface area contributed by atoms with Crippen molar-refractivity contribution >= 4 is 14.0 Å². The molecule has 0 aromatic rings. The van der Waals surface area contributed by atoms with Crippen LogP contribution >= 0.6 is 0 Å². The molecule has 0 fully saturated rings. The predicted molar refractivity (Wildman–Crippen MR) is 56.0 cm³/mol. The average molecular weight is 199 g/mol. The van der Waals surface area contributed by atoms with E-state index in [1.165, 1.54) is 7.11 Å². The standard InChI is InChI=1S/C9H17NO2Si/c1-12-9(11)8-10-6-5-7-13(2,3)4/h10H,6,8H2,1-4H3. The second kappa shape index (κ2) is 5.78. The van der Waals surface area contributed by atoms with E-state index >= 15 is 0 Å². The fourth-order valence-corrected chi connectivity index (χ4v) is 1.23. The highest BCUT2D eigenvalue weighted by molar-refractivity contribution is 6.83. The van der Waals surface area contributed by atoms with Crippen LogP contribution in [0.25, 0.3) is 0 Å². The third-order valence-electron chi connectivity index (χ3n) is 1.17. The molecule has 0 aliphatic carbocycles. The van der Waals surface area contributed by atoms with Crippen molar-refractivity contribution < 1.29 is 9.53 Å². The Kier molecular flexibility index (Phi) is 5.43. The fraction of sp³-hybridized carbons (Fsp3) is 0.667. The number of carbonyl (C=O) groups excluding carboxylic acids is 1. The molecule has 0 saturated heterocycles. The molecule has 4 heteroatoms. The normalized spacial score (nSPS) is 10.2. The number of ether oxygens (including phenoxy) is 1. The van der Waals surface area contributed by atoms with Crippen LogP contribution < -0.4 is 5.32 Å². The smallest absolute Gasteiger partial charge is 0.319 e. The van der Waals surface area contributed by atoms with Crippen molar-refractivity contribution in [3.63, 3.8) is 0 Å². The Balaban J connectivity index is 3.55. The van der Waals surface area contributed by atoms with Crippen molar-refractivity contribution in [1.82, 2.24) is 5.32 Å². The molecule has 0 atom stereocenters. The molecule has 0 aliphatic rings. The highest BCUT2D eigenvalue weighted by atomic mass is 28.3. The summed E-state index contributed by atoms with van der Waals surface area (Å²) in [6.45, 7) is 7.33. The van der Waals surface area contributed by atoms with Gasteiger partial charge in [0.2, 0.25) is 0 Å². The number of methoxy groups -OCH3 is 1. The summed E-state index contributed by atoms with van der Waals surface area (Å²) in [5.74, 6) is 2.74. The van der Waals surface area contributed by atoms with Gasteiger partial charge in [-0.25, -0.2) is 0 Å². The SMILES string of the molecule is COC(=O)CNCC#C[Si](C)(C)C. The zero-order valence-electron chi connectivity index (χ0n) is 8.73. The molecule has 0 aromatic heterocycles. The van der Waals surface area contributed by atoms with Crippen molar-refractivity contribution in [2.24, 2.45) is 0 Å². The molecule has 0 aliphatic heterocycles. The minimum atomic E-state index is -1.26. The van der Waals surface area contributed by atoms with Gasteiger partial charge < -0.3 is 4.74 Å². The minimum absolute atomic E-state index is 0.233. The lowest BCUT2D eigenvalue weighted by atomic mass is 10.6. The molecule has 0 unspecified atom stereocenters. The van der Waals surface area contributed by atoms with E-state index < -0.39 is 8.07 Å². The third-order valence-corrected chi connectivity index (χ3v) is 2.10. The van der Waals surface area contributed by atoms with Crippen LogP contribution in [0.5, 0.6) is 0 Å². The van der Waals surface area contributed by atoms with E-state index in [-0.39, 0.29) is 12.5 Å². The van der Waals surface area contributed by atoms with Crippen LogP contribution in [-0.4, -0.2) is 34.2 Å². The van der Waals surface area contributed by atoms with Crippen LogP contribution in [0.4, 0.5) is 0 Å². The monoisotopic (exact) mass is 199 g/mol. The molecule has 13 heavy (non-hydrogen) atoms. The van der Waals surface area contributed by atoms with Crippen LogP contribution in [0.2, 0.25) is 19.6 Å². The van der Waals surface area contributed by atoms with Gasteiger partial charge in [0.25, 0.3) is 0 Å². The third kappa shape index (κ3) is 9.12. The molecule has 0 amide bonds. The molecule has 0 saturated carbocycles. The number of hydrogen-bond donors (Lipinski definition) is 1. The molecule has 0 radical (unpaired) electrons. The van der Waals surface area contributed by atoms with Gasteiger partial charge in [-0.3, -0.25) is 10.1 Å². The van der Waals surface area contributed by atoms with Crippen molar-refractivity contribution in [2.45, 2.75) is 19.6 Å². The van der Waals surface area contributed by atoms with Crippen LogP contribution in [0, 0.1) is 11.5 Å². The van der Waals surface area contributed by atoms with E-state index in [9.17, 15) is 4.79 Å². The van der Waals surface area contributed by atoms with Gasteiger partial charge in [0.1, 0.15) is 8.07 Å². The molecular formula is C9H17NO2Si. The number of nitrogens with one attached hydrogen (secondary N) is 1. The van der Waals surface area contributed by atoms with E-state index in [1.54, 1.807) is 0 Å². The summed E-state index contributed by atoms with van der Waals surface area (Å²) in [5.41, 5.74) is 3.19. The van der Waals surface area contributed by atoms with E-state index in [1.807, 2.05) is 0 Å². The lowest BCUT2D eigenvalue weighted by Crippen LogP contribution is -2.25. The van der Waals surface area contributed by atoms with Crippen molar-refractivity contribution in [1.29, 1.82) is 0 Å². The first kappa shape index (κ1) is 12.2. The summed E-state index contributed by atoms with van der Waals surface area (Å²) in [6, 6.07) is 0. The lowest BCUT2D eigenvalue weighted by molar-refractivity contribution is -0.139. The van der Waals surface area contributed by atoms with Gasteiger partial charge in [0, 0.05) is 0 Å². The first-order valence-corrected chi connectivity index (χ1v) is 7.73. The maximum Gasteiger partial charge on any atom is 0.319 e. The predicted octanol–water partition coefficient (Wildman–Crippen LogP) is 0.630. The van der Waals surface area contributed by atoms with Gasteiger partial charge in [-0.2, -0.15) is 0 Å². The second-order valence-corrected chi connectivity index (χ2v) is 8.48. The molecule has 0 spiro atoms.